The summed E-state index contributed by atoms with van der Waals surface area (Å²) in [6, 6.07) is 0.123. The quantitative estimate of drug-likeness (QED) is 0.336. The van der Waals surface area contributed by atoms with Gasteiger partial charge in [-0.2, -0.15) is 0 Å². The second kappa shape index (κ2) is 5.09. The Morgan fingerprint density at radius 2 is 1.76 bits per heavy atom. The minimum atomic E-state index is -1.60. The lowest BCUT2D eigenvalue weighted by molar-refractivity contribution is -0.934. The summed E-state index contributed by atoms with van der Waals surface area (Å²) in [4.78, 5) is 22.7. The van der Waals surface area contributed by atoms with Crippen molar-refractivity contribution < 1.29 is 24.3 Å². The van der Waals surface area contributed by atoms with Crippen LogP contribution in [0.4, 0.5) is 0 Å². The molecule has 1 unspecified atom stereocenters. The summed E-state index contributed by atoms with van der Waals surface area (Å²) >= 11 is 2.22. The van der Waals surface area contributed by atoms with Crippen LogP contribution < -0.4 is 0 Å². The second-order valence-corrected chi connectivity index (χ2v) is 5.59. The maximum absolute atomic E-state index is 11.4. The van der Waals surface area contributed by atoms with Crippen molar-refractivity contribution in [3.05, 3.63) is 0 Å². The van der Waals surface area contributed by atoms with Crippen LogP contribution in [0.3, 0.4) is 0 Å². The Kier molecular flexibility index (Phi) is 4.40. The monoisotopic (exact) mass is 356 g/mol. The van der Waals surface area contributed by atoms with Gasteiger partial charge in [-0.15, -0.1) is 0 Å². The van der Waals surface area contributed by atoms with Crippen LogP contribution in [0.2, 0.25) is 0 Å². The third-order valence-electron chi connectivity index (χ3n) is 4.20. The molecule has 1 aliphatic heterocycles. The number of carboxylic acid groups (broad SMARTS) is 2. The fourth-order valence-electron chi connectivity index (χ4n) is 2.89. The predicted octanol–water partition coefficient (Wildman–Crippen LogP) is 1.21. The van der Waals surface area contributed by atoms with E-state index in [-0.39, 0.29) is 19.0 Å². The fourth-order valence-corrected chi connectivity index (χ4v) is 4.04. The molecule has 1 fully saturated rings. The zero-order valence-electron chi connectivity index (χ0n) is 10.1. The lowest BCUT2D eigenvalue weighted by Crippen LogP contribution is -2.54. The number of likely N-dealkylation sites (tertiary alicyclic amines) is 1. The molecule has 0 bridgehead atoms. The van der Waals surface area contributed by atoms with E-state index in [0.29, 0.717) is 4.48 Å². The number of nitrogens with zero attached hydrogens (tertiary/aromatic N) is 1. The van der Waals surface area contributed by atoms with Gasteiger partial charge in [-0.3, -0.25) is 9.59 Å². The third kappa shape index (κ3) is 2.16. The number of halogens is 1. The normalized spacial score (nSPS) is 25.7. The molecule has 6 heteroatoms. The van der Waals surface area contributed by atoms with Gasteiger partial charge in [-0.1, -0.05) is 22.6 Å². The number of hydrogen-bond donors (Lipinski definition) is 2. The van der Waals surface area contributed by atoms with Crippen LogP contribution in [-0.4, -0.2) is 56.7 Å². The van der Waals surface area contributed by atoms with E-state index >= 15 is 0 Å². The summed E-state index contributed by atoms with van der Waals surface area (Å²) in [7, 11) is 0. The van der Waals surface area contributed by atoms with Gasteiger partial charge in [0.1, 0.15) is 12.6 Å². The number of carboxylic acids is 2. The van der Waals surface area contributed by atoms with Crippen LogP contribution in [0.25, 0.3) is 0 Å². The van der Waals surface area contributed by atoms with Crippen LogP contribution in [0.15, 0.2) is 0 Å². The van der Waals surface area contributed by atoms with Gasteiger partial charge in [-0.05, 0) is 13.8 Å². The standard InChI is InChI=1S/C11H18INO4/c1-3-13(4-2)7-11(9(14)15,10(16)17)5-8(13)6-12/h8H,3-7H2,1-2H3,(H-,14,15,16,17)/p+1. The molecule has 0 aromatic carbocycles. The molecule has 1 saturated heterocycles. The summed E-state index contributed by atoms with van der Waals surface area (Å²) in [6.07, 6.45) is 0.238. The molecule has 0 amide bonds. The highest BCUT2D eigenvalue weighted by atomic mass is 127. The van der Waals surface area contributed by atoms with E-state index in [4.69, 9.17) is 0 Å². The third-order valence-corrected chi connectivity index (χ3v) is 5.22. The highest BCUT2D eigenvalue weighted by molar-refractivity contribution is 14.1. The largest absolute Gasteiger partial charge is 0.480 e. The van der Waals surface area contributed by atoms with Crippen LogP contribution in [0.1, 0.15) is 20.3 Å². The van der Waals surface area contributed by atoms with Crippen molar-refractivity contribution in [2.75, 3.05) is 24.1 Å². The Hall–Kier alpha value is -0.370. The van der Waals surface area contributed by atoms with E-state index in [1.54, 1.807) is 0 Å². The molecule has 0 radical (unpaired) electrons. The first-order valence-electron chi connectivity index (χ1n) is 5.77. The molecule has 1 atom stereocenters. The highest BCUT2D eigenvalue weighted by Crippen LogP contribution is 2.41. The van der Waals surface area contributed by atoms with E-state index in [1.807, 2.05) is 13.8 Å². The Morgan fingerprint density at radius 3 is 2.00 bits per heavy atom. The molecule has 1 rings (SSSR count). The summed E-state index contributed by atoms with van der Waals surface area (Å²) in [5.41, 5.74) is -1.60. The lowest BCUT2D eigenvalue weighted by atomic mass is 9.86. The smallest absolute Gasteiger partial charge is 0.327 e. The van der Waals surface area contributed by atoms with Gasteiger partial charge >= 0.3 is 11.9 Å². The summed E-state index contributed by atoms with van der Waals surface area (Å²) in [6.45, 7) is 5.78. The SMILES string of the molecule is CC[N+]1(CC)CC(C(=O)O)(C(=O)O)CC1CI. The molecule has 98 valence electrons. The molecule has 0 aliphatic carbocycles. The van der Waals surface area contributed by atoms with Crippen molar-refractivity contribution in [1.29, 1.82) is 0 Å². The van der Waals surface area contributed by atoms with Gasteiger partial charge < -0.3 is 14.7 Å². The van der Waals surface area contributed by atoms with Gasteiger partial charge in [0.15, 0.2) is 0 Å². The number of alkyl halides is 1. The minimum Gasteiger partial charge on any atom is -0.480 e. The van der Waals surface area contributed by atoms with E-state index in [0.717, 1.165) is 17.5 Å². The first-order valence-corrected chi connectivity index (χ1v) is 7.29. The highest BCUT2D eigenvalue weighted by Gasteiger charge is 2.62. The van der Waals surface area contributed by atoms with Crippen LogP contribution in [-0.2, 0) is 9.59 Å². The van der Waals surface area contributed by atoms with Crippen molar-refractivity contribution in [3.8, 4) is 0 Å². The van der Waals surface area contributed by atoms with E-state index in [1.165, 1.54) is 0 Å². The molecule has 2 N–H and O–H groups in total. The average molecular weight is 356 g/mol. The maximum atomic E-state index is 11.4. The van der Waals surface area contributed by atoms with Crippen LogP contribution >= 0.6 is 22.6 Å². The van der Waals surface area contributed by atoms with E-state index in [9.17, 15) is 19.8 Å². The summed E-state index contributed by atoms with van der Waals surface area (Å²) in [5, 5.41) is 18.6. The van der Waals surface area contributed by atoms with Crippen molar-refractivity contribution in [2.24, 2.45) is 5.41 Å². The molecule has 0 aromatic rings. The molecule has 0 spiro atoms. The molecule has 1 heterocycles. The van der Waals surface area contributed by atoms with E-state index in [2.05, 4.69) is 22.6 Å². The molecular weight excluding hydrogens is 337 g/mol. The van der Waals surface area contributed by atoms with Crippen LogP contribution in [0, 0.1) is 5.41 Å². The Balaban J connectivity index is 3.18. The average Bonchev–Trinajstić information content (AvgIpc) is 2.65. The Labute approximate surface area is 115 Å². The molecule has 5 nitrogen and oxygen atoms in total. The fraction of sp³-hybridized carbons (Fsp3) is 0.818. The predicted molar refractivity (Wildman–Crippen MR) is 71.2 cm³/mol. The molecular formula is C11H19INO4+. The topological polar surface area (TPSA) is 74.6 Å². The van der Waals surface area contributed by atoms with Gasteiger partial charge in [-0.25, -0.2) is 0 Å². The lowest BCUT2D eigenvalue weighted by Gasteiger charge is -2.38. The van der Waals surface area contributed by atoms with Gasteiger partial charge in [0.25, 0.3) is 0 Å². The molecule has 1 aliphatic rings. The van der Waals surface area contributed by atoms with Crippen molar-refractivity contribution in [3.63, 3.8) is 0 Å². The zero-order chi connectivity index (χ0) is 13.3. The second-order valence-electron chi connectivity index (χ2n) is 4.71. The number of quaternary nitrogens is 1. The number of rotatable bonds is 5. The maximum Gasteiger partial charge on any atom is 0.327 e. The van der Waals surface area contributed by atoms with Crippen molar-refractivity contribution in [2.45, 2.75) is 26.3 Å². The number of aliphatic carboxylic acids is 2. The van der Waals surface area contributed by atoms with Crippen molar-refractivity contribution in [1.82, 2.24) is 0 Å². The minimum absolute atomic E-state index is 0.123. The van der Waals surface area contributed by atoms with Gasteiger partial charge in [0.2, 0.25) is 5.41 Å². The molecule has 0 saturated carbocycles. The van der Waals surface area contributed by atoms with Gasteiger partial charge in [0, 0.05) is 6.42 Å². The molecule has 17 heavy (non-hydrogen) atoms. The Morgan fingerprint density at radius 1 is 1.29 bits per heavy atom. The molecule has 0 aromatic heterocycles. The zero-order valence-corrected chi connectivity index (χ0v) is 12.3. The van der Waals surface area contributed by atoms with E-state index < -0.39 is 17.4 Å². The first kappa shape index (κ1) is 14.7. The summed E-state index contributed by atoms with van der Waals surface area (Å²) < 4.78 is 1.39. The van der Waals surface area contributed by atoms with Crippen molar-refractivity contribution >= 4 is 34.5 Å². The number of hydrogen-bond acceptors (Lipinski definition) is 2. The van der Waals surface area contributed by atoms with Crippen LogP contribution in [0.5, 0.6) is 0 Å². The Bertz CT molecular complexity index is 313. The first-order chi connectivity index (χ1) is 7.88. The number of carbonyl (C=O) groups is 2. The summed E-state index contributed by atoms with van der Waals surface area (Å²) in [5.74, 6) is -2.39. The van der Waals surface area contributed by atoms with Gasteiger partial charge in [0.05, 0.1) is 17.5 Å².